The van der Waals surface area contributed by atoms with E-state index in [9.17, 15) is 9.59 Å². The van der Waals surface area contributed by atoms with Crippen LogP contribution in [0, 0.1) is 0 Å². The molecule has 0 saturated heterocycles. The van der Waals surface area contributed by atoms with Crippen molar-refractivity contribution in [3.63, 3.8) is 0 Å². The van der Waals surface area contributed by atoms with Gasteiger partial charge in [-0.3, -0.25) is 9.59 Å². The number of rotatable bonds is 8. The number of carbonyl (C=O) groups excluding carboxylic acids is 2. The summed E-state index contributed by atoms with van der Waals surface area (Å²) in [7, 11) is 0. The lowest BCUT2D eigenvalue weighted by molar-refractivity contribution is -0.121. The maximum Gasteiger partial charge on any atom is 0.251 e. The quantitative estimate of drug-likeness (QED) is 0.605. The number of amides is 2. The van der Waals surface area contributed by atoms with Crippen LogP contribution in [0.2, 0.25) is 0 Å². The van der Waals surface area contributed by atoms with Gasteiger partial charge in [0.2, 0.25) is 5.91 Å². The number of nitrogens with zero attached hydrogens (tertiary/aromatic N) is 1. The van der Waals surface area contributed by atoms with Gasteiger partial charge in [-0.25, -0.2) is 0 Å². The molecule has 0 radical (unpaired) electrons. The molecule has 0 aliphatic heterocycles. The van der Waals surface area contributed by atoms with E-state index < -0.39 is 5.54 Å². The van der Waals surface area contributed by atoms with Crippen LogP contribution in [0.1, 0.15) is 49.9 Å². The Morgan fingerprint density at radius 2 is 1.63 bits per heavy atom. The fourth-order valence-electron chi connectivity index (χ4n) is 3.16. The Hall–Kier alpha value is -1.34. The number of hydrogen-bond acceptors (Lipinski definition) is 4. The van der Waals surface area contributed by atoms with Crippen LogP contribution in [0.15, 0.2) is 24.3 Å². The van der Waals surface area contributed by atoms with Gasteiger partial charge in [-0.05, 0) is 50.2 Å². The van der Waals surface area contributed by atoms with Gasteiger partial charge >= 0.3 is 0 Å². The van der Waals surface area contributed by atoms with Crippen molar-refractivity contribution in [2.24, 2.45) is 5.73 Å². The van der Waals surface area contributed by atoms with Crippen LogP contribution < -0.4 is 16.4 Å². The highest BCUT2D eigenvalue weighted by atomic mass is 35.5. The molecule has 154 valence electrons. The van der Waals surface area contributed by atoms with Gasteiger partial charge < -0.3 is 21.3 Å². The zero-order valence-corrected chi connectivity index (χ0v) is 17.8. The van der Waals surface area contributed by atoms with Crippen molar-refractivity contribution in [2.45, 2.75) is 45.1 Å². The van der Waals surface area contributed by atoms with E-state index in [0.717, 1.165) is 45.3 Å². The van der Waals surface area contributed by atoms with E-state index in [1.54, 1.807) is 24.3 Å². The van der Waals surface area contributed by atoms with Crippen LogP contribution in [0.4, 0.5) is 5.69 Å². The number of carbonyl (C=O) groups is 2. The van der Waals surface area contributed by atoms with Crippen LogP contribution in [-0.4, -0.2) is 48.4 Å². The van der Waals surface area contributed by atoms with E-state index in [2.05, 4.69) is 29.4 Å². The summed E-state index contributed by atoms with van der Waals surface area (Å²) in [6.45, 7) is 7.62. The molecule has 8 heteroatoms. The van der Waals surface area contributed by atoms with Crippen LogP contribution in [0.25, 0.3) is 0 Å². The molecule has 2 rings (SSSR count). The molecule has 27 heavy (non-hydrogen) atoms. The molecule has 1 aromatic carbocycles. The first kappa shape index (κ1) is 25.7. The molecule has 1 fully saturated rings. The zero-order valence-electron chi connectivity index (χ0n) is 16.1. The van der Waals surface area contributed by atoms with E-state index >= 15 is 0 Å². The smallest absolute Gasteiger partial charge is 0.251 e. The molecule has 0 bridgehead atoms. The van der Waals surface area contributed by atoms with E-state index in [-0.39, 0.29) is 36.6 Å². The highest BCUT2D eigenvalue weighted by Crippen LogP contribution is 2.28. The van der Waals surface area contributed by atoms with Gasteiger partial charge in [0.15, 0.2) is 0 Å². The molecule has 2 amide bonds. The summed E-state index contributed by atoms with van der Waals surface area (Å²) in [6.07, 6.45) is 3.45. The van der Waals surface area contributed by atoms with Gasteiger partial charge in [-0.15, -0.1) is 24.8 Å². The Morgan fingerprint density at radius 1 is 1.07 bits per heavy atom. The molecule has 1 saturated carbocycles. The van der Waals surface area contributed by atoms with Crippen molar-refractivity contribution < 1.29 is 9.59 Å². The Morgan fingerprint density at radius 3 is 2.15 bits per heavy atom. The molecule has 0 spiro atoms. The molecule has 6 nitrogen and oxygen atoms in total. The highest BCUT2D eigenvalue weighted by molar-refractivity contribution is 5.99. The molecular weight excluding hydrogens is 387 g/mol. The lowest BCUT2D eigenvalue weighted by Crippen LogP contribution is -2.48. The van der Waals surface area contributed by atoms with Crippen molar-refractivity contribution in [2.75, 3.05) is 31.5 Å². The third kappa shape index (κ3) is 7.30. The fourth-order valence-corrected chi connectivity index (χ4v) is 3.16. The first-order valence-corrected chi connectivity index (χ1v) is 9.19. The lowest BCUT2D eigenvalue weighted by atomic mass is 9.98. The summed E-state index contributed by atoms with van der Waals surface area (Å²) in [6, 6.07) is 6.94. The van der Waals surface area contributed by atoms with E-state index in [1.165, 1.54) is 0 Å². The number of likely N-dealkylation sites (N-methyl/N-ethyl adjacent to an activating group) is 1. The number of benzene rings is 1. The standard InChI is InChI=1S/C19H30N4O2.2ClH/c1-3-23(4-2)14-13-21-17(24)15-7-9-16(10-8-15)22-18(25)19(20)11-5-6-12-19;;/h7-10H,3-6,11-14,20H2,1-2H3,(H,21,24)(H,22,25);2*1H. The van der Waals surface area contributed by atoms with Crippen LogP contribution in [0.3, 0.4) is 0 Å². The average molecular weight is 419 g/mol. The Kier molecular flexibility index (Phi) is 11.6. The lowest BCUT2D eigenvalue weighted by Gasteiger charge is -2.22. The van der Waals surface area contributed by atoms with Crippen LogP contribution in [-0.2, 0) is 4.79 Å². The number of hydrogen-bond donors (Lipinski definition) is 3. The van der Waals surface area contributed by atoms with E-state index in [1.807, 2.05) is 0 Å². The largest absolute Gasteiger partial charge is 0.351 e. The molecule has 0 heterocycles. The highest BCUT2D eigenvalue weighted by Gasteiger charge is 2.36. The predicted molar refractivity (Wildman–Crippen MR) is 115 cm³/mol. The third-order valence-corrected chi connectivity index (χ3v) is 4.96. The first-order valence-electron chi connectivity index (χ1n) is 9.19. The van der Waals surface area contributed by atoms with Gasteiger partial charge in [-0.2, -0.15) is 0 Å². The molecule has 1 aliphatic rings. The van der Waals surface area contributed by atoms with Crippen molar-refractivity contribution in [1.82, 2.24) is 10.2 Å². The van der Waals surface area contributed by atoms with Crippen LogP contribution >= 0.6 is 24.8 Å². The van der Waals surface area contributed by atoms with Gasteiger partial charge in [0.05, 0.1) is 5.54 Å². The third-order valence-electron chi connectivity index (χ3n) is 4.96. The summed E-state index contributed by atoms with van der Waals surface area (Å²) >= 11 is 0. The maximum atomic E-state index is 12.3. The second kappa shape index (κ2) is 12.2. The van der Waals surface area contributed by atoms with Crippen molar-refractivity contribution >= 4 is 42.3 Å². The van der Waals surface area contributed by atoms with Crippen LogP contribution in [0.5, 0.6) is 0 Å². The minimum absolute atomic E-state index is 0. The molecule has 0 atom stereocenters. The fraction of sp³-hybridized carbons (Fsp3) is 0.579. The maximum absolute atomic E-state index is 12.3. The summed E-state index contributed by atoms with van der Waals surface area (Å²) in [5.41, 5.74) is 6.65. The van der Waals surface area contributed by atoms with Gasteiger partial charge in [0, 0.05) is 24.3 Å². The second-order valence-corrected chi connectivity index (χ2v) is 6.68. The first-order chi connectivity index (χ1) is 12.0. The predicted octanol–water partition coefficient (Wildman–Crippen LogP) is 2.81. The van der Waals surface area contributed by atoms with Crippen molar-refractivity contribution in [1.29, 1.82) is 0 Å². The average Bonchev–Trinajstić information content (AvgIpc) is 3.07. The normalized spacial score (nSPS) is 14.8. The number of halogens is 2. The number of anilines is 1. The molecule has 1 aromatic rings. The van der Waals surface area contributed by atoms with E-state index in [4.69, 9.17) is 5.73 Å². The summed E-state index contributed by atoms with van der Waals surface area (Å²) in [5.74, 6) is -0.238. The number of nitrogens with two attached hydrogens (primary N) is 1. The van der Waals surface area contributed by atoms with Gasteiger partial charge in [0.1, 0.15) is 0 Å². The summed E-state index contributed by atoms with van der Waals surface area (Å²) in [4.78, 5) is 26.7. The minimum Gasteiger partial charge on any atom is -0.351 e. The van der Waals surface area contributed by atoms with Crippen molar-refractivity contribution in [3.05, 3.63) is 29.8 Å². The molecule has 0 unspecified atom stereocenters. The molecule has 4 N–H and O–H groups in total. The minimum atomic E-state index is -0.750. The molecular formula is C19H32Cl2N4O2. The SMILES string of the molecule is CCN(CC)CCNC(=O)c1ccc(NC(=O)C2(N)CCCC2)cc1.Cl.Cl. The Bertz CT molecular complexity index is 586. The Balaban J connectivity index is 0.00000338. The monoisotopic (exact) mass is 418 g/mol. The molecule has 1 aliphatic carbocycles. The zero-order chi connectivity index (χ0) is 18.3. The molecule has 0 aromatic heterocycles. The summed E-state index contributed by atoms with van der Waals surface area (Å²) in [5, 5.41) is 5.78. The Labute approximate surface area is 174 Å². The summed E-state index contributed by atoms with van der Waals surface area (Å²) < 4.78 is 0. The van der Waals surface area contributed by atoms with Crippen molar-refractivity contribution in [3.8, 4) is 0 Å². The topological polar surface area (TPSA) is 87.5 Å². The van der Waals surface area contributed by atoms with E-state index in [0.29, 0.717) is 17.8 Å². The van der Waals surface area contributed by atoms with Gasteiger partial charge in [-0.1, -0.05) is 26.7 Å². The number of nitrogens with one attached hydrogen (secondary N) is 2. The second-order valence-electron chi connectivity index (χ2n) is 6.68. The van der Waals surface area contributed by atoms with Gasteiger partial charge in [0.25, 0.3) is 5.91 Å².